The normalized spacial score (nSPS) is 21.5. The van der Waals surface area contributed by atoms with Gasteiger partial charge < -0.3 is 5.32 Å². The topological polar surface area (TPSA) is 12.0 Å². The minimum Gasteiger partial charge on any atom is -0.319 e. The first-order valence-electron chi connectivity index (χ1n) is 5.09. The highest BCUT2D eigenvalue weighted by atomic mass is 32.2. The van der Waals surface area contributed by atoms with E-state index in [0.717, 1.165) is 11.2 Å². The van der Waals surface area contributed by atoms with E-state index >= 15 is 0 Å². The predicted molar refractivity (Wildman–Crippen MR) is 57.8 cm³/mol. The summed E-state index contributed by atoms with van der Waals surface area (Å²) >= 11 is 2.19. The molecule has 0 aromatic rings. The molecule has 1 rings (SSSR count). The molecule has 0 heterocycles. The van der Waals surface area contributed by atoms with Crippen LogP contribution in [0.3, 0.4) is 0 Å². The molecule has 2 heteroatoms. The molecule has 0 amide bonds. The maximum atomic E-state index is 3.23. The van der Waals surface area contributed by atoms with E-state index in [9.17, 15) is 0 Å². The average Bonchev–Trinajstić information content (AvgIpc) is 2.53. The first-order valence-corrected chi connectivity index (χ1v) is 6.14. The third-order valence-electron chi connectivity index (χ3n) is 2.47. The van der Waals surface area contributed by atoms with Gasteiger partial charge in [0.05, 0.1) is 0 Å². The van der Waals surface area contributed by atoms with Crippen LogP contribution >= 0.6 is 11.8 Å². The molecule has 0 aromatic carbocycles. The Labute approximate surface area is 80.7 Å². The van der Waals surface area contributed by atoms with E-state index in [4.69, 9.17) is 0 Å². The van der Waals surface area contributed by atoms with Gasteiger partial charge in [0.1, 0.15) is 0 Å². The molecule has 1 fully saturated rings. The zero-order valence-electron chi connectivity index (χ0n) is 8.31. The molecule has 12 heavy (non-hydrogen) atoms. The van der Waals surface area contributed by atoms with Gasteiger partial charge in [-0.05, 0) is 38.1 Å². The van der Waals surface area contributed by atoms with Crippen LogP contribution in [0.2, 0.25) is 0 Å². The van der Waals surface area contributed by atoms with Crippen molar-refractivity contribution in [2.24, 2.45) is 5.92 Å². The summed E-state index contributed by atoms with van der Waals surface area (Å²) < 4.78 is 0. The van der Waals surface area contributed by atoms with E-state index in [2.05, 4.69) is 24.0 Å². The van der Waals surface area contributed by atoms with Crippen molar-refractivity contribution in [3.8, 4) is 0 Å². The smallest absolute Gasteiger partial charge is 0.00471 e. The van der Waals surface area contributed by atoms with E-state index in [0.29, 0.717) is 0 Å². The molecule has 0 radical (unpaired) electrons. The summed E-state index contributed by atoms with van der Waals surface area (Å²) in [6.45, 7) is 3.50. The number of nitrogens with one attached hydrogen (secondary N) is 1. The van der Waals surface area contributed by atoms with Crippen molar-refractivity contribution in [2.75, 3.05) is 19.3 Å². The first-order chi connectivity index (χ1) is 5.83. The molecule has 1 unspecified atom stereocenters. The summed E-state index contributed by atoms with van der Waals surface area (Å²) in [6, 6.07) is 0. The Morgan fingerprint density at radius 1 is 1.42 bits per heavy atom. The lowest BCUT2D eigenvalue weighted by Gasteiger charge is -2.13. The minimum atomic E-state index is 0.834. The fourth-order valence-electron chi connectivity index (χ4n) is 1.76. The molecule has 1 N–H and O–H groups in total. The second-order valence-corrected chi connectivity index (χ2v) is 5.24. The van der Waals surface area contributed by atoms with Crippen LogP contribution in [0, 0.1) is 5.92 Å². The average molecular weight is 187 g/mol. The lowest BCUT2D eigenvalue weighted by atomic mass is 10.2. The molecule has 1 aliphatic carbocycles. The molecule has 0 aliphatic heterocycles. The standard InChI is InChI=1S/C10H21NS/c1-9(7-11-2)8-12-10-5-3-4-6-10/h9-11H,3-8H2,1-2H3. The lowest BCUT2D eigenvalue weighted by molar-refractivity contribution is 0.602. The van der Waals surface area contributed by atoms with Crippen LogP contribution in [0.25, 0.3) is 0 Å². The number of rotatable bonds is 5. The maximum absolute atomic E-state index is 3.23. The highest BCUT2D eigenvalue weighted by Crippen LogP contribution is 2.30. The molecule has 1 aliphatic rings. The fraction of sp³-hybridized carbons (Fsp3) is 1.00. The van der Waals surface area contributed by atoms with Crippen LogP contribution in [0.4, 0.5) is 0 Å². The summed E-state index contributed by atoms with van der Waals surface area (Å²) in [4.78, 5) is 0. The number of hydrogen-bond donors (Lipinski definition) is 1. The molecule has 1 saturated carbocycles. The monoisotopic (exact) mass is 187 g/mol. The lowest BCUT2D eigenvalue weighted by Crippen LogP contribution is -2.18. The van der Waals surface area contributed by atoms with E-state index in [1.807, 2.05) is 7.05 Å². The van der Waals surface area contributed by atoms with Gasteiger partial charge in [0.2, 0.25) is 0 Å². The third kappa shape index (κ3) is 3.81. The molecular weight excluding hydrogens is 166 g/mol. The van der Waals surface area contributed by atoms with Crippen molar-refractivity contribution in [3.05, 3.63) is 0 Å². The minimum absolute atomic E-state index is 0.834. The molecule has 1 atom stereocenters. The molecule has 0 spiro atoms. The Morgan fingerprint density at radius 2 is 2.08 bits per heavy atom. The van der Waals surface area contributed by atoms with Crippen LogP contribution in [0.15, 0.2) is 0 Å². The SMILES string of the molecule is CNCC(C)CSC1CCCC1. The Morgan fingerprint density at radius 3 is 2.67 bits per heavy atom. The summed E-state index contributed by atoms with van der Waals surface area (Å²) in [5.41, 5.74) is 0. The zero-order chi connectivity index (χ0) is 8.81. The molecule has 0 saturated heterocycles. The Kier molecular flexibility index (Phi) is 5.08. The van der Waals surface area contributed by atoms with E-state index < -0.39 is 0 Å². The van der Waals surface area contributed by atoms with Crippen LogP contribution in [0.1, 0.15) is 32.6 Å². The second kappa shape index (κ2) is 5.87. The Bertz CT molecular complexity index is 110. The van der Waals surface area contributed by atoms with Crippen molar-refractivity contribution in [1.29, 1.82) is 0 Å². The Hall–Kier alpha value is 0.310. The van der Waals surface area contributed by atoms with E-state index in [1.165, 1.54) is 38.0 Å². The molecule has 72 valence electrons. The van der Waals surface area contributed by atoms with Gasteiger partial charge in [0.25, 0.3) is 0 Å². The Balaban J connectivity index is 1.99. The number of thioether (sulfide) groups is 1. The van der Waals surface area contributed by atoms with Crippen LogP contribution in [0.5, 0.6) is 0 Å². The summed E-state index contributed by atoms with van der Waals surface area (Å²) in [6.07, 6.45) is 5.88. The van der Waals surface area contributed by atoms with Gasteiger partial charge in [0.15, 0.2) is 0 Å². The van der Waals surface area contributed by atoms with Crippen molar-refractivity contribution in [1.82, 2.24) is 5.32 Å². The van der Waals surface area contributed by atoms with Crippen LogP contribution < -0.4 is 5.32 Å². The molecule has 0 aromatic heterocycles. The highest BCUT2D eigenvalue weighted by molar-refractivity contribution is 7.99. The molecule has 0 bridgehead atoms. The third-order valence-corrected chi connectivity index (χ3v) is 4.18. The highest BCUT2D eigenvalue weighted by Gasteiger charge is 2.15. The van der Waals surface area contributed by atoms with Crippen molar-refractivity contribution in [3.63, 3.8) is 0 Å². The quantitative estimate of drug-likeness (QED) is 0.710. The van der Waals surface area contributed by atoms with Gasteiger partial charge >= 0.3 is 0 Å². The summed E-state index contributed by atoms with van der Waals surface area (Å²) in [5.74, 6) is 2.17. The van der Waals surface area contributed by atoms with Gasteiger partial charge in [-0.3, -0.25) is 0 Å². The maximum Gasteiger partial charge on any atom is 0.00471 e. The van der Waals surface area contributed by atoms with Crippen LogP contribution in [-0.4, -0.2) is 24.6 Å². The predicted octanol–water partition coefficient (Wildman–Crippen LogP) is 2.52. The largest absolute Gasteiger partial charge is 0.319 e. The van der Waals surface area contributed by atoms with Crippen LogP contribution in [-0.2, 0) is 0 Å². The van der Waals surface area contributed by atoms with Crippen molar-refractivity contribution in [2.45, 2.75) is 37.9 Å². The zero-order valence-corrected chi connectivity index (χ0v) is 9.12. The number of hydrogen-bond acceptors (Lipinski definition) is 2. The van der Waals surface area contributed by atoms with Crippen molar-refractivity contribution < 1.29 is 0 Å². The fourth-order valence-corrected chi connectivity index (χ4v) is 3.15. The van der Waals surface area contributed by atoms with Crippen molar-refractivity contribution >= 4 is 11.8 Å². The van der Waals surface area contributed by atoms with Gasteiger partial charge in [-0.15, -0.1) is 0 Å². The van der Waals surface area contributed by atoms with Gasteiger partial charge in [0, 0.05) is 5.25 Å². The van der Waals surface area contributed by atoms with E-state index in [1.54, 1.807) is 0 Å². The summed E-state index contributed by atoms with van der Waals surface area (Å²) in [5, 5.41) is 4.22. The molecule has 1 nitrogen and oxygen atoms in total. The first kappa shape index (κ1) is 10.4. The van der Waals surface area contributed by atoms with Gasteiger partial charge in [-0.25, -0.2) is 0 Å². The molecular formula is C10H21NS. The van der Waals surface area contributed by atoms with Gasteiger partial charge in [-0.1, -0.05) is 19.8 Å². The second-order valence-electron chi connectivity index (χ2n) is 3.90. The van der Waals surface area contributed by atoms with E-state index in [-0.39, 0.29) is 0 Å². The summed E-state index contributed by atoms with van der Waals surface area (Å²) in [7, 11) is 2.04. The van der Waals surface area contributed by atoms with Gasteiger partial charge in [-0.2, -0.15) is 11.8 Å².